The van der Waals surface area contributed by atoms with Crippen molar-refractivity contribution >= 4 is 5.97 Å². The van der Waals surface area contributed by atoms with Crippen molar-refractivity contribution in [1.29, 1.82) is 0 Å². The summed E-state index contributed by atoms with van der Waals surface area (Å²) in [5.41, 5.74) is 0. The summed E-state index contributed by atoms with van der Waals surface area (Å²) in [5, 5.41) is 10.3. The molecule has 3 heteroatoms. The Morgan fingerprint density at radius 3 is 2.07 bits per heavy atom. The molecule has 0 aromatic carbocycles. The zero-order chi connectivity index (χ0) is 11.4. The normalized spacial score (nSPS) is 10.5. The third-order valence-electron chi connectivity index (χ3n) is 2.58. The summed E-state index contributed by atoms with van der Waals surface area (Å²) in [5.74, 6) is -0.713. The number of aliphatic carboxylic acids is 1. The van der Waals surface area contributed by atoms with Gasteiger partial charge in [-0.3, -0.25) is 0 Å². The number of hydrogen-bond donors (Lipinski definition) is 2. The van der Waals surface area contributed by atoms with Gasteiger partial charge in [-0.1, -0.05) is 45.4 Å². The number of rotatable bonds is 11. The van der Waals surface area contributed by atoms with Crippen LogP contribution in [-0.2, 0) is 4.79 Å². The molecule has 15 heavy (non-hydrogen) atoms. The van der Waals surface area contributed by atoms with E-state index in [1.54, 1.807) is 0 Å². The molecule has 0 aromatic heterocycles. The molecule has 0 heterocycles. The highest BCUT2D eigenvalue weighted by molar-refractivity contribution is 5.67. The van der Waals surface area contributed by atoms with Crippen LogP contribution in [0.15, 0.2) is 0 Å². The molecule has 0 rings (SSSR count). The zero-order valence-electron chi connectivity index (χ0n) is 10.0. The Balaban J connectivity index is 2.89. The van der Waals surface area contributed by atoms with Crippen molar-refractivity contribution in [3.8, 4) is 0 Å². The van der Waals surface area contributed by atoms with Gasteiger partial charge < -0.3 is 10.4 Å². The van der Waals surface area contributed by atoms with Gasteiger partial charge in [0.15, 0.2) is 6.54 Å². The quantitative estimate of drug-likeness (QED) is 0.517. The zero-order valence-corrected chi connectivity index (χ0v) is 10.0. The topological polar surface area (TPSA) is 53.9 Å². The van der Waals surface area contributed by atoms with Crippen molar-refractivity contribution in [2.45, 2.75) is 58.3 Å². The van der Waals surface area contributed by atoms with Crippen molar-refractivity contribution in [1.82, 2.24) is 0 Å². The molecule has 3 N–H and O–H groups in total. The molecular formula is C12H26NO2+. The van der Waals surface area contributed by atoms with E-state index in [4.69, 9.17) is 5.11 Å². The summed E-state index contributed by atoms with van der Waals surface area (Å²) >= 11 is 0. The molecule has 0 spiro atoms. The van der Waals surface area contributed by atoms with Crippen LogP contribution in [0.4, 0.5) is 0 Å². The largest absolute Gasteiger partial charge is 0.477 e. The lowest BCUT2D eigenvalue weighted by Gasteiger charge is -2.00. The Morgan fingerprint density at radius 1 is 1.00 bits per heavy atom. The second kappa shape index (κ2) is 11.5. The molecule has 0 saturated heterocycles. The molecule has 90 valence electrons. The monoisotopic (exact) mass is 216 g/mol. The average Bonchev–Trinajstić information content (AvgIpc) is 2.20. The molecule has 0 fully saturated rings. The number of unbranched alkanes of at least 4 members (excludes halogenated alkanes) is 7. The van der Waals surface area contributed by atoms with Crippen LogP contribution in [0.1, 0.15) is 58.3 Å². The lowest BCUT2D eigenvalue weighted by molar-refractivity contribution is -0.645. The van der Waals surface area contributed by atoms with Gasteiger partial charge in [0.2, 0.25) is 0 Å². The average molecular weight is 216 g/mol. The molecule has 3 nitrogen and oxygen atoms in total. The van der Waals surface area contributed by atoms with E-state index >= 15 is 0 Å². The van der Waals surface area contributed by atoms with Crippen molar-refractivity contribution in [3.05, 3.63) is 0 Å². The predicted molar refractivity (Wildman–Crippen MR) is 61.9 cm³/mol. The summed E-state index contributed by atoms with van der Waals surface area (Å²) in [6.07, 6.45) is 10.5. The van der Waals surface area contributed by atoms with Crippen LogP contribution < -0.4 is 5.32 Å². The maximum atomic E-state index is 10.2. The van der Waals surface area contributed by atoms with E-state index in [1.807, 2.05) is 5.32 Å². The fraction of sp³-hybridized carbons (Fsp3) is 0.917. The fourth-order valence-electron chi connectivity index (χ4n) is 1.65. The van der Waals surface area contributed by atoms with Crippen molar-refractivity contribution in [2.24, 2.45) is 0 Å². The highest BCUT2D eigenvalue weighted by Gasteiger charge is 1.98. The van der Waals surface area contributed by atoms with Crippen molar-refractivity contribution in [3.63, 3.8) is 0 Å². The van der Waals surface area contributed by atoms with Gasteiger partial charge in [-0.15, -0.1) is 0 Å². The van der Waals surface area contributed by atoms with Crippen molar-refractivity contribution < 1.29 is 15.2 Å². The molecule has 0 aromatic rings. The molecule has 0 aliphatic rings. The molecule has 0 atom stereocenters. The number of quaternary nitrogens is 1. The number of carbonyl (C=O) groups is 1. The molecular weight excluding hydrogens is 190 g/mol. The summed E-state index contributed by atoms with van der Waals surface area (Å²) in [6, 6.07) is 0. The predicted octanol–water partition coefficient (Wildman–Crippen LogP) is 1.78. The van der Waals surface area contributed by atoms with E-state index in [-0.39, 0.29) is 6.54 Å². The second-order valence-corrected chi connectivity index (χ2v) is 4.15. The lowest BCUT2D eigenvalue weighted by atomic mass is 10.1. The Kier molecular flexibility index (Phi) is 11.1. The summed E-state index contributed by atoms with van der Waals surface area (Å²) < 4.78 is 0. The Morgan fingerprint density at radius 2 is 1.53 bits per heavy atom. The molecule has 0 aliphatic carbocycles. The standard InChI is InChI=1S/C12H25NO2/c1-2-3-4-5-6-7-8-9-10-13-11-12(14)15/h13H,2-11H2,1H3,(H,14,15)/p+1. The SMILES string of the molecule is CCCCCCCCCC[NH2+]CC(=O)O. The maximum absolute atomic E-state index is 10.2. The van der Waals surface area contributed by atoms with E-state index in [9.17, 15) is 4.79 Å². The highest BCUT2D eigenvalue weighted by atomic mass is 16.4. The first kappa shape index (κ1) is 14.4. The minimum absolute atomic E-state index is 0.219. The summed E-state index contributed by atoms with van der Waals surface area (Å²) in [7, 11) is 0. The number of carboxylic acid groups (broad SMARTS) is 1. The van der Waals surface area contributed by atoms with E-state index in [0.29, 0.717) is 0 Å². The van der Waals surface area contributed by atoms with Crippen LogP contribution in [-0.4, -0.2) is 24.2 Å². The number of nitrogens with two attached hydrogens (primary N) is 1. The van der Waals surface area contributed by atoms with Crippen LogP contribution in [0.5, 0.6) is 0 Å². The van der Waals surface area contributed by atoms with Crippen LogP contribution in [0.3, 0.4) is 0 Å². The molecule has 0 unspecified atom stereocenters. The number of hydrogen-bond acceptors (Lipinski definition) is 1. The molecule has 0 bridgehead atoms. The summed E-state index contributed by atoms with van der Waals surface area (Å²) in [6.45, 7) is 3.41. The lowest BCUT2D eigenvalue weighted by Crippen LogP contribution is -2.85. The molecule has 0 saturated carbocycles. The van der Waals surface area contributed by atoms with Crippen LogP contribution in [0.25, 0.3) is 0 Å². The Bertz CT molecular complexity index is 149. The maximum Gasteiger partial charge on any atom is 0.359 e. The first-order chi connectivity index (χ1) is 7.27. The van der Waals surface area contributed by atoms with Gasteiger partial charge in [0, 0.05) is 0 Å². The third kappa shape index (κ3) is 13.4. The molecule has 0 aliphatic heterocycles. The first-order valence-corrected chi connectivity index (χ1v) is 6.30. The fourth-order valence-corrected chi connectivity index (χ4v) is 1.65. The van der Waals surface area contributed by atoms with Crippen LogP contribution in [0.2, 0.25) is 0 Å². The van der Waals surface area contributed by atoms with E-state index < -0.39 is 5.97 Å². The highest BCUT2D eigenvalue weighted by Crippen LogP contribution is 2.07. The summed E-state index contributed by atoms with van der Waals surface area (Å²) in [4.78, 5) is 10.2. The van der Waals surface area contributed by atoms with Gasteiger partial charge in [0.25, 0.3) is 0 Å². The van der Waals surface area contributed by atoms with Crippen LogP contribution in [0, 0.1) is 0 Å². The van der Waals surface area contributed by atoms with Crippen LogP contribution >= 0.6 is 0 Å². The van der Waals surface area contributed by atoms with Gasteiger partial charge in [0.1, 0.15) is 0 Å². The Hall–Kier alpha value is -0.570. The smallest absolute Gasteiger partial charge is 0.359 e. The molecule has 0 amide bonds. The van der Waals surface area contributed by atoms with Gasteiger partial charge >= 0.3 is 5.97 Å². The van der Waals surface area contributed by atoms with Gasteiger partial charge in [-0.2, -0.15) is 0 Å². The van der Waals surface area contributed by atoms with E-state index in [2.05, 4.69) is 6.92 Å². The van der Waals surface area contributed by atoms with Gasteiger partial charge in [-0.25, -0.2) is 4.79 Å². The minimum Gasteiger partial charge on any atom is -0.477 e. The first-order valence-electron chi connectivity index (χ1n) is 6.30. The van der Waals surface area contributed by atoms with Gasteiger partial charge in [0.05, 0.1) is 6.54 Å². The minimum atomic E-state index is -0.713. The van der Waals surface area contributed by atoms with E-state index in [0.717, 1.165) is 13.0 Å². The molecule has 0 radical (unpaired) electrons. The Labute approximate surface area is 93.3 Å². The van der Waals surface area contributed by atoms with Crippen molar-refractivity contribution in [2.75, 3.05) is 13.1 Å². The van der Waals surface area contributed by atoms with E-state index in [1.165, 1.54) is 44.9 Å². The van der Waals surface area contributed by atoms with Gasteiger partial charge in [-0.05, 0) is 12.8 Å². The number of carboxylic acids is 1. The third-order valence-corrected chi connectivity index (χ3v) is 2.58. The second-order valence-electron chi connectivity index (χ2n) is 4.15.